The van der Waals surface area contributed by atoms with Crippen LogP contribution < -0.4 is 5.32 Å². The molecule has 0 saturated heterocycles. The van der Waals surface area contributed by atoms with Crippen molar-refractivity contribution in [1.29, 1.82) is 0 Å². The van der Waals surface area contributed by atoms with Crippen LogP contribution in [0.3, 0.4) is 0 Å². The van der Waals surface area contributed by atoms with E-state index in [0.29, 0.717) is 11.5 Å². The van der Waals surface area contributed by atoms with Gasteiger partial charge in [0.15, 0.2) is 6.61 Å². The van der Waals surface area contributed by atoms with Crippen LogP contribution in [0.1, 0.15) is 17.0 Å². The van der Waals surface area contributed by atoms with E-state index >= 15 is 0 Å². The van der Waals surface area contributed by atoms with Crippen molar-refractivity contribution in [3.63, 3.8) is 0 Å². The number of likely N-dealkylation sites (N-methyl/N-ethyl adjacent to an activating group) is 1. The number of aromatic nitrogens is 4. The molecule has 2 heterocycles. The molecule has 0 radical (unpaired) electrons. The fourth-order valence-electron chi connectivity index (χ4n) is 1.82. The Hall–Kier alpha value is -2.51. The van der Waals surface area contributed by atoms with E-state index in [-0.39, 0.29) is 18.9 Å². The Bertz CT molecular complexity index is 664. The summed E-state index contributed by atoms with van der Waals surface area (Å²) in [5.74, 6) is -0.347. The topological polar surface area (TPSA) is 98.5 Å². The lowest BCUT2D eigenvalue weighted by Gasteiger charge is -2.10. The van der Waals surface area contributed by atoms with Gasteiger partial charge in [-0.3, -0.25) is 9.59 Å². The highest BCUT2D eigenvalue weighted by atomic mass is 16.5. The quantitative estimate of drug-likeness (QED) is 0.762. The Balaban J connectivity index is 2.16. The van der Waals surface area contributed by atoms with Crippen molar-refractivity contribution in [2.75, 3.05) is 13.7 Å². The third-order valence-electron chi connectivity index (χ3n) is 2.95. The fourth-order valence-corrected chi connectivity index (χ4v) is 1.82. The minimum atomic E-state index is -0.485. The molecule has 0 fully saturated rings. The number of aryl methyl sites for hydroxylation is 2. The first-order chi connectivity index (χ1) is 9.52. The molecular formula is C12H15N5O3. The van der Waals surface area contributed by atoms with Crippen LogP contribution in [0, 0.1) is 13.8 Å². The second kappa shape index (κ2) is 5.64. The average molecular weight is 277 g/mol. The van der Waals surface area contributed by atoms with Gasteiger partial charge in [-0.15, -0.1) is 0 Å². The third-order valence-corrected chi connectivity index (χ3v) is 2.95. The fraction of sp³-hybridized carbons (Fsp3) is 0.417. The highest BCUT2D eigenvalue weighted by Crippen LogP contribution is 2.13. The van der Waals surface area contributed by atoms with Crippen LogP contribution >= 0.6 is 0 Å². The van der Waals surface area contributed by atoms with E-state index in [1.165, 1.54) is 13.4 Å². The molecule has 1 amide bonds. The van der Waals surface area contributed by atoms with Gasteiger partial charge in [0.25, 0.3) is 11.7 Å². The minimum absolute atomic E-state index is 0.0391. The molecule has 2 aromatic rings. The predicted octanol–water partition coefficient (Wildman–Crippen LogP) is -0.427. The first kappa shape index (κ1) is 13.9. The zero-order chi connectivity index (χ0) is 14.7. The number of nitrogens with zero attached hydrogens (tertiary/aromatic N) is 4. The molecule has 2 aromatic heterocycles. The van der Waals surface area contributed by atoms with E-state index in [4.69, 9.17) is 4.74 Å². The number of rotatable bonds is 4. The second-order valence-electron chi connectivity index (χ2n) is 4.24. The Morgan fingerprint density at radius 1 is 1.40 bits per heavy atom. The number of fused-ring (bicyclic) bond motifs is 1. The molecule has 0 aliphatic rings. The zero-order valence-corrected chi connectivity index (χ0v) is 11.5. The van der Waals surface area contributed by atoms with Gasteiger partial charge in [0.1, 0.15) is 6.33 Å². The molecule has 1 N–H and O–H groups in total. The largest absolute Gasteiger partial charge is 0.455 e. The summed E-state index contributed by atoms with van der Waals surface area (Å²) in [7, 11) is 1.48. The normalized spacial score (nSPS) is 10.6. The molecule has 8 heteroatoms. The third kappa shape index (κ3) is 2.73. The first-order valence-electron chi connectivity index (χ1n) is 6.05. The van der Waals surface area contributed by atoms with Crippen LogP contribution in [-0.4, -0.2) is 45.1 Å². The smallest absolute Gasteiger partial charge is 0.310 e. The van der Waals surface area contributed by atoms with Gasteiger partial charge in [-0.05, 0) is 13.8 Å². The van der Waals surface area contributed by atoms with E-state index in [2.05, 4.69) is 20.4 Å². The van der Waals surface area contributed by atoms with E-state index in [1.54, 1.807) is 11.4 Å². The Morgan fingerprint density at radius 2 is 2.15 bits per heavy atom. The Labute approximate surface area is 115 Å². The van der Waals surface area contributed by atoms with Crippen LogP contribution in [0.25, 0.3) is 5.78 Å². The van der Waals surface area contributed by atoms with Gasteiger partial charge < -0.3 is 10.1 Å². The molecule has 0 aromatic carbocycles. The number of carbonyl (C=O) groups excluding carboxylic acids is 2. The van der Waals surface area contributed by atoms with Gasteiger partial charge in [0.05, 0.1) is 6.42 Å². The molecule has 106 valence electrons. The van der Waals surface area contributed by atoms with Crippen LogP contribution in [0.15, 0.2) is 6.33 Å². The molecule has 0 aliphatic heterocycles. The molecular weight excluding hydrogens is 262 g/mol. The summed E-state index contributed by atoms with van der Waals surface area (Å²) in [6.07, 6.45) is 1.44. The number of amides is 1. The number of esters is 1. The van der Waals surface area contributed by atoms with Crippen LogP contribution in [0.4, 0.5) is 0 Å². The number of carbonyl (C=O) groups is 2. The maximum Gasteiger partial charge on any atom is 0.310 e. The van der Waals surface area contributed by atoms with E-state index in [9.17, 15) is 9.59 Å². The van der Waals surface area contributed by atoms with Crippen molar-refractivity contribution in [2.45, 2.75) is 20.3 Å². The van der Waals surface area contributed by atoms with E-state index in [0.717, 1.165) is 11.3 Å². The number of ether oxygens (including phenoxy) is 1. The monoisotopic (exact) mass is 277 g/mol. The summed E-state index contributed by atoms with van der Waals surface area (Å²) in [4.78, 5) is 31.0. The van der Waals surface area contributed by atoms with Crippen molar-refractivity contribution in [3.05, 3.63) is 23.3 Å². The van der Waals surface area contributed by atoms with Gasteiger partial charge in [-0.2, -0.15) is 10.1 Å². The maximum absolute atomic E-state index is 11.7. The summed E-state index contributed by atoms with van der Waals surface area (Å²) in [6, 6.07) is 0. The predicted molar refractivity (Wildman–Crippen MR) is 69.0 cm³/mol. The Morgan fingerprint density at radius 3 is 2.85 bits per heavy atom. The summed E-state index contributed by atoms with van der Waals surface area (Å²) >= 11 is 0. The number of hydrogen-bond donors (Lipinski definition) is 1. The average Bonchev–Trinajstić information content (AvgIpc) is 2.88. The molecule has 0 atom stereocenters. The SMILES string of the molecule is CNC(=O)COC(=O)Cc1c(C)nc2ncnn2c1C. The van der Waals surface area contributed by atoms with Crippen molar-refractivity contribution in [2.24, 2.45) is 0 Å². The number of hydrogen-bond acceptors (Lipinski definition) is 6. The van der Waals surface area contributed by atoms with E-state index in [1.807, 2.05) is 6.92 Å². The van der Waals surface area contributed by atoms with Crippen molar-refractivity contribution in [1.82, 2.24) is 24.9 Å². The molecule has 2 rings (SSSR count). The highest BCUT2D eigenvalue weighted by Gasteiger charge is 2.15. The van der Waals surface area contributed by atoms with E-state index < -0.39 is 5.97 Å². The van der Waals surface area contributed by atoms with Gasteiger partial charge in [-0.1, -0.05) is 0 Å². The van der Waals surface area contributed by atoms with Crippen LogP contribution in [0.5, 0.6) is 0 Å². The second-order valence-corrected chi connectivity index (χ2v) is 4.24. The summed E-state index contributed by atoms with van der Waals surface area (Å²) in [6.45, 7) is 3.34. The van der Waals surface area contributed by atoms with Gasteiger partial charge in [0, 0.05) is 24.0 Å². The van der Waals surface area contributed by atoms with Gasteiger partial charge >= 0.3 is 5.97 Å². The Kier molecular flexibility index (Phi) is 3.92. The highest BCUT2D eigenvalue weighted by molar-refractivity contribution is 5.81. The zero-order valence-electron chi connectivity index (χ0n) is 11.5. The standard InChI is InChI=1S/C12H15N5O3/c1-7-9(4-11(19)20-5-10(18)13-3)8(2)17-12(16-7)14-6-15-17/h6H,4-5H2,1-3H3,(H,13,18). The summed E-state index contributed by atoms with van der Waals surface area (Å²) in [5, 5.41) is 6.42. The molecule has 20 heavy (non-hydrogen) atoms. The lowest BCUT2D eigenvalue weighted by atomic mass is 10.1. The molecule has 0 spiro atoms. The molecule has 0 aliphatic carbocycles. The van der Waals surface area contributed by atoms with Gasteiger partial charge in [-0.25, -0.2) is 9.50 Å². The summed E-state index contributed by atoms with van der Waals surface area (Å²) < 4.78 is 6.44. The molecule has 0 saturated carbocycles. The first-order valence-corrected chi connectivity index (χ1v) is 6.05. The van der Waals surface area contributed by atoms with Crippen LogP contribution in [-0.2, 0) is 20.7 Å². The summed E-state index contributed by atoms with van der Waals surface area (Å²) in [5.41, 5.74) is 2.20. The van der Waals surface area contributed by atoms with Crippen molar-refractivity contribution < 1.29 is 14.3 Å². The lowest BCUT2D eigenvalue weighted by Crippen LogP contribution is -2.25. The minimum Gasteiger partial charge on any atom is -0.455 e. The molecule has 0 unspecified atom stereocenters. The number of nitrogens with one attached hydrogen (secondary N) is 1. The molecule has 0 bridgehead atoms. The van der Waals surface area contributed by atoms with Crippen molar-refractivity contribution >= 4 is 17.7 Å². The van der Waals surface area contributed by atoms with Crippen molar-refractivity contribution in [3.8, 4) is 0 Å². The lowest BCUT2D eigenvalue weighted by molar-refractivity contribution is -0.147. The maximum atomic E-state index is 11.7. The van der Waals surface area contributed by atoms with Gasteiger partial charge in [0.2, 0.25) is 0 Å². The van der Waals surface area contributed by atoms with Crippen LogP contribution in [0.2, 0.25) is 0 Å². The molecule has 8 nitrogen and oxygen atoms in total.